The number of nitrogens with zero attached hydrogens (tertiary/aromatic N) is 4. The Kier molecular flexibility index (Phi) is 4.61. The minimum Gasteiger partial charge on any atom is -0.444 e. The molecule has 8 nitrogen and oxygen atoms in total. The maximum Gasteiger partial charge on any atom is 0.410 e. The summed E-state index contributed by atoms with van der Waals surface area (Å²) in [5.74, 6) is -0.290. The van der Waals surface area contributed by atoms with E-state index >= 15 is 0 Å². The number of azide groups is 1. The first kappa shape index (κ1) is 15.1. The molecule has 19 heavy (non-hydrogen) atoms. The predicted molar refractivity (Wildman–Crippen MR) is 68.3 cm³/mol. The summed E-state index contributed by atoms with van der Waals surface area (Å²) in [5, 5.41) is 6.06. The molecule has 8 heteroatoms. The van der Waals surface area contributed by atoms with Gasteiger partial charge in [0.05, 0.1) is 6.04 Å². The molecular formula is C11H19N5O3. The Morgan fingerprint density at radius 1 is 1.47 bits per heavy atom. The third-order valence-electron chi connectivity index (χ3n) is 2.67. The normalized spacial score (nSPS) is 22.6. The van der Waals surface area contributed by atoms with Gasteiger partial charge in [-0.05, 0) is 32.7 Å². The molecule has 0 radical (unpaired) electrons. The summed E-state index contributed by atoms with van der Waals surface area (Å²) in [7, 11) is 1.50. The lowest BCUT2D eigenvalue weighted by Gasteiger charge is -2.27. The van der Waals surface area contributed by atoms with Crippen LogP contribution in [0.3, 0.4) is 0 Å². The van der Waals surface area contributed by atoms with Crippen molar-refractivity contribution in [1.82, 2.24) is 10.2 Å². The Morgan fingerprint density at radius 2 is 2.11 bits per heavy atom. The van der Waals surface area contributed by atoms with Crippen LogP contribution >= 0.6 is 0 Å². The molecule has 0 spiro atoms. The third-order valence-corrected chi connectivity index (χ3v) is 2.67. The van der Waals surface area contributed by atoms with E-state index in [1.54, 1.807) is 20.8 Å². The number of nitrogens with one attached hydrogen (secondary N) is 1. The highest BCUT2D eigenvalue weighted by Gasteiger charge is 2.40. The second-order valence-electron chi connectivity index (χ2n) is 5.36. The molecule has 0 saturated carbocycles. The van der Waals surface area contributed by atoms with E-state index in [4.69, 9.17) is 10.3 Å². The van der Waals surface area contributed by atoms with E-state index in [-0.39, 0.29) is 12.5 Å². The van der Waals surface area contributed by atoms with Crippen molar-refractivity contribution in [2.24, 2.45) is 5.11 Å². The van der Waals surface area contributed by atoms with Crippen LogP contribution in [0.4, 0.5) is 4.79 Å². The molecule has 1 N–H and O–H groups in total. The molecule has 0 bridgehead atoms. The van der Waals surface area contributed by atoms with Crippen molar-refractivity contribution in [2.75, 3.05) is 13.6 Å². The molecule has 1 aliphatic rings. The molecule has 2 atom stereocenters. The first-order valence-corrected chi connectivity index (χ1v) is 6.04. The summed E-state index contributed by atoms with van der Waals surface area (Å²) in [6.45, 7) is 5.44. The summed E-state index contributed by atoms with van der Waals surface area (Å²) < 4.78 is 5.25. The fourth-order valence-electron chi connectivity index (χ4n) is 1.91. The number of likely N-dealkylation sites (N-methyl/N-ethyl adjacent to an activating group) is 1. The fraction of sp³-hybridized carbons (Fsp3) is 0.818. The van der Waals surface area contributed by atoms with E-state index in [9.17, 15) is 9.59 Å². The quantitative estimate of drug-likeness (QED) is 0.465. The molecule has 1 rings (SSSR count). The van der Waals surface area contributed by atoms with E-state index in [0.717, 1.165) is 0 Å². The molecular weight excluding hydrogens is 250 g/mol. The van der Waals surface area contributed by atoms with Crippen LogP contribution < -0.4 is 5.32 Å². The van der Waals surface area contributed by atoms with Crippen molar-refractivity contribution in [3.63, 3.8) is 0 Å². The zero-order chi connectivity index (χ0) is 14.6. The first-order chi connectivity index (χ1) is 8.78. The molecule has 0 unspecified atom stereocenters. The predicted octanol–water partition coefficient (Wildman–Crippen LogP) is 1.42. The Balaban J connectivity index is 2.85. The van der Waals surface area contributed by atoms with E-state index in [1.165, 1.54) is 11.9 Å². The number of likely N-dealkylation sites (tertiary alicyclic amines) is 1. The second-order valence-corrected chi connectivity index (χ2v) is 5.36. The van der Waals surface area contributed by atoms with Crippen molar-refractivity contribution >= 4 is 12.0 Å². The second kappa shape index (κ2) is 5.79. The van der Waals surface area contributed by atoms with Crippen molar-refractivity contribution in [3.8, 4) is 0 Å². The number of carbonyl (C=O) groups excluding carboxylic acids is 2. The van der Waals surface area contributed by atoms with Crippen molar-refractivity contribution < 1.29 is 14.3 Å². The molecule has 0 aromatic rings. The summed E-state index contributed by atoms with van der Waals surface area (Å²) in [6, 6.07) is -1.06. The molecule has 106 valence electrons. The van der Waals surface area contributed by atoms with Crippen LogP contribution in [0.5, 0.6) is 0 Å². The zero-order valence-corrected chi connectivity index (χ0v) is 11.6. The van der Waals surface area contributed by atoms with Crippen LogP contribution in [0.15, 0.2) is 5.11 Å². The minimum atomic E-state index is -0.657. The van der Waals surface area contributed by atoms with Gasteiger partial charge in [0.25, 0.3) is 0 Å². The van der Waals surface area contributed by atoms with Gasteiger partial charge in [-0.2, -0.15) is 0 Å². The number of hydrogen-bond donors (Lipinski definition) is 1. The molecule has 1 saturated heterocycles. The monoisotopic (exact) mass is 269 g/mol. The standard InChI is InChI=1S/C11H19N5O3/c1-11(2,3)19-10(18)16-6-7(14-15-12)5-8(16)9(17)13-4/h7-8H,5-6H2,1-4H3,(H,13,17)/t7-,8+/m0/s1. The highest BCUT2D eigenvalue weighted by molar-refractivity contribution is 5.86. The van der Waals surface area contributed by atoms with Gasteiger partial charge in [0.2, 0.25) is 5.91 Å². The number of hydrogen-bond acceptors (Lipinski definition) is 4. The third kappa shape index (κ3) is 4.03. The summed E-state index contributed by atoms with van der Waals surface area (Å²) in [4.78, 5) is 27.8. The SMILES string of the molecule is CNC(=O)[C@H]1C[C@H](N=[N+]=[N-])CN1C(=O)OC(C)(C)C. The van der Waals surface area contributed by atoms with Crippen molar-refractivity contribution in [2.45, 2.75) is 44.9 Å². The average molecular weight is 269 g/mol. The van der Waals surface area contributed by atoms with Gasteiger partial charge in [-0.1, -0.05) is 5.11 Å². The van der Waals surface area contributed by atoms with Crippen LogP contribution in [0.25, 0.3) is 10.4 Å². The fourth-order valence-corrected chi connectivity index (χ4v) is 1.91. The zero-order valence-electron chi connectivity index (χ0n) is 11.6. The minimum absolute atomic E-state index is 0.192. The van der Waals surface area contributed by atoms with Crippen molar-refractivity contribution in [1.29, 1.82) is 0 Å². The first-order valence-electron chi connectivity index (χ1n) is 6.04. The number of carbonyl (C=O) groups is 2. The van der Waals surface area contributed by atoms with Crippen LogP contribution in [0, 0.1) is 0 Å². The lowest BCUT2D eigenvalue weighted by Crippen LogP contribution is -2.46. The van der Waals surface area contributed by atoms with E-state index in [0.29, 0.717) is 6.42 Å². The lowest BCUT2D eigenvalue weighted by atomic mass is 10.1. The Morgan fingerprint density at radius 3 is 2.58 bits per heavy atom. The summed E-state index contributed by atoms with van der Waals surface area (Å²) in [5.41, 5.74) is 7.81. The molecule has 1 aliphatic heterocycles. The van der Waals surface area contributed by atoms with Gasteiger partial charge < -0.3 is 10.1 Å². The number of ether oxygens (including phenoxy) is 1. The number of rotatable bonds is 2. The molecule has 0 aromatic carbocycles. The Bertz CT molecular complexity index is 411. The average Bonchev–Trinajstić information content (AvgIpc) is 2.70. The van der Waals surface area contributed by atoms with Crippen LogP contribution in [-0.2, 0) is 9.53 Å². The molecule has 0 aliphatic carbocycles. The summed E-state index contributed by atoms with van der Waals surface area (Å²) >= 11 is 0. The van der Waals surface area contributed by atoms with Gasteiger partial charge in [-0.15, -0.1) is 0 Å². The van der Waals surface area contributed by atoms with Gasteiger partial charge in [-0.25, -0.2) is 4.79 Å². The molecule has 1 fully saturated rings. The van der Waals surface area contributed by atoms with Gasteiger partial charge in [0.1, 0.15) is 11.6 Å². The largest absolute Gasteiger partial charge is 0.444 e. The maximum atomic E-state index is 12.0. The lowest BCUT2D eigenvalue weighted by molar-refractivity contribution is -0.124. The number of amides is 2. The van der Waals surface area contributed by atoms with Gasteiger partial charge >= 0.3 is 6.09 Å². The van der Waals surface area contributed by atoms with Crippen LogP contribution in [0.1, 0.15) is 27.2 Å². The summed E-state index contributed by atoms with van der Waals surface area (Å²) in [6.07, 6.45) is -0.264. The van der Waals surface area contributed by atoms with Gasteiger partial charge in [-0.3, -0.25) is 9.69 Å². The highest BCUT2D eigenvalue weighted by atomic mass is 16.6. The molecule has 2 amide bonds. The van der Waals surface area contributed by atoms with E-state index < -0.39 is 23.8 Å². The van der Waals surface area contributed by atoms with E-state index in [2.05, 4.69) is 15.3 Å². The van der Waals surface area contributed by atoms with Gasteiger partial charge in [0, 0.05) is 18.5 Å². The smallest absolute Gasteiger partial charge is 0.410 e. The molecule has 0 aromatic heterocycles. The Hall–Kier alpha value is -1.95. The van der Waals surface area contributed by atoms with Crippen LogP contribution in [-0.4, -0.2) is 48.2 Å². The topological polar surface area (TPSA) is 107 Å². The van der Waals surface area contributed by atoms with E-state index in [1.807, 2.05) is 0 Å². The van der Waals surface area contributed by atoms with Crippen molar-refractivity contribution in [3.05, 3.63) is 10.4 Å². The van der Waals surface area contributed by atoms with Gasteiger partial charge in [0.15, 0.2) is 0 Å². The Labute approximate surface area is 111 Å². The highest BCUT2D eigenvalue weighted by Crippen LogP contribution is 2.23. The maximum absolute atomic E-state index is 12.0. The molecule has 1 heterocycles. The van der Waals surface area contributed by atoms with Crippen LogP contribution in [0.2, 0.25) is 0 Å².